The summed E-state index contributed by atoms with van der Waals surface area (Å²) in [6.07, 6.45) is 1.66. The van der Waals surface area contributed by atoms with Crippen molar-refractivity contribution in [2.24, 2.45) is 0 Å². The highest BCUT2D eigenvalue weighted by atomic mass is 32.2. The van der Waals surface area contributed by atoms with Gasteiger partial charge in [-0.15, -0.1) is 0 Å². The number of ether oxygens (including phenoxy) is 1. The highest BCUT2D eigenvalue weighted by Crippen LogP contribution is 2.17. The minimum atomic E-state index is -3.26. The number of benzene rings is 2. The topological polar surface area (TPSA) is 63.7 Å². The highest BCUT2D eigenvalue weighted by molar-refractivity contribution is 7.91. The molecule has 0 heterocycles. The molecule has 0 fully saturated rings. The number of hydrogen-bond donors (Lipinski definition) is 0. The summed E-state index contributed by atoms with van der Waals surface area (Å²) in [6.45, 7) is 4.57. The summed E-state index contributed by atoms with van der Waals surface area (Å²) in [5.41, 5.74) is 1.04. The zero-order valence-electron chi connectivity index (χ0n) is 16.6. The van der Waals surface area contributed by atoms with Gasteiger partial charge < -0.3 is 9.64 Å². The van der Waals surface area contributed by atoms with Crippen LogP contribution in [0.1, 0.15) is 38.7 Å². The van der Waals surface area contributed by atoms with Gasteiger partial charge >= 0.3 is 6.09 Å². The van der Waals surface area contributed by atoms with Crippen molar-refractivity contribution < 1.29 is 17.9 Å². The first-order chi connectivity index (χ1) is 13.4. The maximum Gasteiger partial charge on any atom is 0.410 e. The first kappa shape index (κ1) is 22.0. The van der Waals surface area contributed by atoms with Crippen molar-refractivity contribution in [2.45, 2.75) is 50.6 Å². The Labute approximate surface area is 168 Å². The summed E-state index contributed by atoms with van der Waals surface area (Å²) in [5.74, 6) is 0.113. The summed E-state index contributed by atoms with van der Waals surface area (Å²) >= 11 is 0. The van der Waals surface area contributed by atoms with E-state index >= 15 is 0 Å². The molecular weight excluding hydrogens is 374 g/mol. The van der Waals surface area contributed by atoms with Gasteiger partial charge in [0.15, 0.2) is 9.84 Å². The Kier molecular flexibility index (Phi) is 8.51. The molecule has 1 atom stereocenters. The predicted octanol–water partition coefficient (Wildman–Crippen LogP) is 4.68. The van der Waals surface area contributed by atoms with E-state index in [0.717, 1.165) is 18.4 Å². The Hall–Kier alpha value is -2.34. The van der Waals surface area contributed by atoms with Crippen LogP contribution in [0.4, 0.5) is 4.79 Å². The van der Waals surface area contributed by atoms with Crippen LogP contribution in [-0.2, 0) is 21.1 Å². The molecule has 0 aromatic heterocycles. The lowest BCUT2D eigenvalue weighted by Crippen LogP contribution is -2.38. The van der Waals surface area contributed by atoms with Crippen LogP contribution in [0.15, 0.2) is 65.6 Å². The van der Waals surface area contributed by atoms with Crippen molar-refractivity contribution in [1.29, 1.82) is 0 Å². The largest absolute Gasteiger partial charge is 0.450 e. The van der Waals surface area contributed by atoms with Gasteiger partial charge in [-0.1, -0.05) is 55.0 Å². The molecule has 0 aliphatic heterocycles. The molecule has 5 nitrogen and oxygen atoms in total. The van der Waals surface area contributed by atoms with Gasteiger partial charge in [0.2, 0.25) is 0 Å². The third-order valence-corrected chi connectivity index (χ3v) is 6.43. The fourth-order valence-corrected chi connectivity index (χ4v) is 4.41. The third-order valence-electron chi connectivity index (χ3n) is 4.62. The Morgan fingerprint density at radius 3 is 2.21 bits per heavy atom. The maximum atomic E-state index is 12.4. The van der Waals surface area contributed by atoms with Crippen molar-refractivity contribution >= 4 is 15.9 Å². The molecule has 0 N–H and O–H groups in total. The Morgan fingerprint density at radius 1 is 1.00 bits per heavy atom. The fourth-order valence-electron chi connectivity index (χ4n) is 3.02. The summed E-state index contributed by atoms with van der Waals surface area (Å²) in [6, 6.07) is 18.3. The first-order valence-corrected chi connectivity index (χ1v) is 11.3. The van der Waals surface area contributed by atoms with E-state index in [9.17, 15) is 13.2 Å². The zero-order chi connectivity index (χ0) is 20.4. The highest BCUT2D eigenvalue weighted by Gasteiger charge is 2.22. The number of sulfone groups is 1. The normalized spacial score (nSPS) is 12.4. The lowest BCUT2D eigenvalue weighted by Gasteiger charge is -2.28. The molecule has 28 heavy (non-hydrogen) atoms. The molecule has 1 amide bonds. The Balaban J connectivity index is 1.90. The lowest BCUT2D eigenvalue weighted by atomic mass is 10.1. The maximum absolute atomic E-state index is 12.4. The van der Waals surface area contributed by atoms with Crippen LogP contribution in [0.2, 0.25) is 0 Å². The predicted molar refractivity (Wildman–Crippen MR) is 111 cm³/mol. The smallest absolute Gasteiger partial charge is 0.410 e. The van der Waals surface area contributed by atoms with Crippen LogP contribution in [0.25, 0.3) is 0 Å². The standard InChI is InChI=1S/C22H29NO4S/c1-3-27-22(24)23(18-20-13-6-4-7-14-20)19(2)12-10-11-17-28(25,26)21-15-8-5-9-16-21/h4-9,13-16,19H,3,10-12,17-18H2,1-2H3. The van der Waals surface area contributed by atoms with Crippen LogP contribution in [0, 0.1) is 0 Å². The average Bonchev–Trinajstić information content (AvgIpc) is 2.71. The van der Waals surface area contributed by atoms with Gasteiger partial charge in [-0.2, -0.15) is 0 Å². The lowest BCUT2D eigenvalue weighted by molar-refractivity contribution is 0.0875. The molecule has 0 spiro atoms. The molecule has 0 saturated heterocycles. The molecule has 152 valence electrons. The van der Waals surface area contributed by atoms with E-state index < -0.39 is 9.84 Å². The summed E-state index contributed by atoms with van der Waals surface area (Å²) in [7, 11) is -3.26. The van der Waals surface area contributed by atoms with Gasteiger partial charge in [0.05, 0.1) is 17.3 Å². The van der Waals surface area contributed by atoms with E-state index in [-0.39, 0.29) is 17.9 Å². The van der Waals surface area contributed by atoms with Gasteiger partial charge in [0.1, 0.15) is 0 Å². The first-order valence-electron chi connectivity index (χ1n) is 9.69. The van der Waals surface area contributed by atoms with Crippen molar-refractivity contribution in [3.63, 3.8) is 0 Å². The van der Waals surface area contributed by atoms with Gasteiger partial charge in [0, 0.05) is 12.6 Å². The van der Waals surface area contributed by atoms with Crippen LogP contribution < -0.4 is 0 Å². The van der Waals surface area contributed by atoms with Crippen LogP contribution in [0.5, 0.6) is 0 Å². The van der Waals surface area contributed by atoms with E-state index in [0.29, 0.717) is 24.5 Å². The second-order valence-electron chi connectivity index (χ2n) is 6.79. The fraction of sp³-hybridized carbons (Fsp3) is 0.409. The van der Waals surface area contributed by atoms with E-state index in [4.69, 9.17) is 4.74 Å². The van der Waals surface area contributed by atoms with Crippen molar-refractivity contribution in [3.05, 3.63) is 66.2 Å². The number of unbranched alkanes of at least 4 members (excludes halogenated alkanes) is 1. The van der Waals surface area contributed by atoms with Crippen LogP contribution in [-0.4, -0.2) is 37.8 Å². The number of hydrogen-bond acceptors (Lipinski definition) is 4. The molecule has 0 aliphatic rings. The summed E-state index contributed by atoms with van der Waals surface area (Å²) in [4.78, 5) is 14.4. The second kappa shape index (κ2) is 10.9. The van der Waals surface area contributed by atoms with Crippen molar-refractivity contribution in [1.82, 2.24) is 4.90 Å². The minimum Gasteiger partial charge on any atom is -0.450 e. The quantitative estimate of drug-likeness (QED) is 0.541. The molecule has 2 aromatic rings. The van der Waals surface area contributed by atoms with E-state index in [1.165, 1.54) is 0 Å². The van der Waals surface area contributed by atoms with Gasteiger partial charge in [-0.05, 0) is 44.4 Å². The van der Waals surface area contributed by atoms with E-state index in [2.05, 4.69) is 0 Å². The van der Waals surface area contributed by atoms with Gasteiger partial charge in [-0.25, -0.2) is 13.2 Å². The van der Waals surface area contributed by atoms with Gasteiger partial charge in [0.25, 0.3) is 0 Å². The third kappa shape index (κ3) is 6.68. The Bertz CT molecular complexity index is 822. The monoisotopic (exact) mass is 403 g/mol. The second-order valence-corrected chi connectivity index (χ2v) is 8.90. The Morgan fingerprint density at radius 2 is 1.61 bits per heavy atom. The number of carbonyl (C=O) groups is 1. The molecule has 6 heteroatoms. The van der Waals surface area contributed by atoms with E-state index in [1.54, 1.807) is 42.2 Å². The molecule has 1 unspecified atom stereocenters. The van der Waals surface area contributed by atoms with E-state index in [1.807, 2.05) is 37.3 Å². The van der Waals surface area contributed by atoms with Crippen LogP contribution in [0.3, 0.4) is 0 Å². The van der Waals surface area contributed by atoms with Gasteiger partial charge in [-0.3, -0.25) is 0 Å². The molecule has 2 aromatic carbocycles. The minimum absolute atomic E-state index is 0.0429. The number of amides is 1. The molecule has 0 aliphatic carbocycles. The van der Waals surface area contributed by atoms with Crippen molar-refractivity contribution in [3.8, 4) is 0 Å². The molecular formula is C22H29NO4S. The molecule has 0 radical (unpaired) electrons. The summed E-state index contributed by atoms with van der Waals surface area (Å²) < 4.78 is 29.9. The summed E-state index contributed by atoms with van der Waals surface area (Å²) in [5, 5.41) is 0. The molecule has 2 rings (SSSR count). The number of carbonyl (C=O) groups excluding carboxylic acids is 1. The number of rotatable bonds is 10. The number of nitrogens with zero attached hydrogens (tertiary/aromatic N) is 1. The molecule has 0 saturated carbocycles. The average molecular weight is 404 g/mol. The van der Waals surface area contributed by atoms with Crippen molar-refractivity contribution in [2.75, 3.05) is 12.4 Å². The molecule has 0 bridgehead atoms. The zero-order valence-corrected chi connectivity index (χ0v) is 17.4. The SMILES string of the molecule is CCOC(=O)N(Cc1ccccc1)C(C)CCCCS(=O)(=O)c1ccccc1. The van der Waals surface area contributed by atoms with Crippen LogP contribution >= 0.6 is 0 Å².